The number of aliphatic hydroxyl groups excluding tert-OH is 1. The maximum absolute atomic E-state index is 9.81. The normalized spacial score (nSPS) is 21.9. The monoisotopic (exact) mass is 224 g/mol. The molecule has 88 valence electrons. The average Bonchev–Trinajstić information content (AvgIpc) is 2.81. The van der Waals surface area contributed by atoms with E-state index in [9.17, 15) is 10.2 Å². The highest BCUT2D eigenvalue weighted by Gasteiger charge is 2.24. The highest BCUT2D eigenvalue weighted by Crippen LogP contribution is 2.25. The van der Waals surface area contributed by atoms with Crippen molar-refractivity contribution in [3.63, 3.8) is 0 Å². The molecule has 1 aromatic rings. The molecule has 2 N–H and O–H groups in total. The van der Waals surface area contributed by atoms with Crippen molar-refractivity contribution in [2.45, 2.75) is 12.5 Å². The molecule has 0 aliphatic carbocycles. The number of aromatic hydroxyl groups is 1. The van der Waals surface area contributed by atoms with E-state index >= 15 is 0 Å². The molecule has 0 amide bonds. The van der Waals surface area contributed by atoms with E-state index in [4.69, 9.17) is 9.47 Å². The molecule has 0 aromatic heterocycles. The van der Waals surface area contributed by atoms with E-state index in [0.717, 1.165) is 6.42 Å². The van der Waals surface area contributed by atoms with Crippen LogP contribution in [0, 0.1) is 5.92 Å². The standard InChI is InChI=1S/C12H16O4/c13-10-3-1-2-4-12(10)16-8-11(14)9-5-6-15-7-9/h1-4,9,11,13-14H,5-8H2. The molecule has 1 aliphatic heterocycles. The van der Waals surface area contributed by atoms with Crippen LogP contribution in [0.25, 0.3) is 0 Å². The molecule has 2 unspecified atom stereocenters. The quantitative estimate of drug-likeness (QED) is 0.806. The third-order valence-electron chi connectivity index (χ3n) is 2.78. The summed E-state index contributed by atoms with van der Waals surface area (Å²) >= 11 is 0. The number of ether oxygens (including phenoxy) is 2. The third kappa shape index (κ3) is 2.65. The van der Waals surface area contributed by atoms with Gasteiger partial charge in [0.1, 0.15) is 6.61 Å². The van der Waals surface area contributed by atoms with Crippen molar-refractivity contribution in [2.75, 3.05) is 19.8 Å². The van der Waals surface area contributed by atoms with Crippen LogP contribution < -0.4 is 4.74 Å². The predicted octanol–water partition coefficient (Wildman–Crippen LogP) is 1.17. The Balaban J connectivity index is 1.84. The summed E-state index contributed by atoms with van der Waals surface area (Å²) in [5.74, 6) is 0.642. The fraction of sp³-hybridized carbons (Fsp3) is 0.500. The van der Waals surface area contributed by atoms with E-state index in [2.05, 4.69) is 0 Å². The van der Waals surface area contributed by atoms with Crippen LogP contribution in [0.3, 0.4) is 0 Å². The zero-order valence-electron chi connectivity index (χ0n) is 9.00. The van der Waals surface area contributed by atoms with Crippen LogP contribution in [0.5, 0.6) is 11.5 Å². The van der Waals surface area contributed by atoms with E-state index in [1.807, 2.05) is 0 Å². The minimum atomic E-state index is -0.540. The summed E-state index contributed by atoms with van der Waals surface area (Å²) in [5.41, 5.74) is 0. The van der Waals surface area contributed by atoms with Crippen LogP contribution in [-0.2, 0) is 4.74 Å². The van der Waals surface area contributed by atoms with Gasteiger partial charge in [-0.25, -0.2) is 0 Å². The largest absolute Gasteiger partial charge is 0.504 e. The Morgan fingerprint density at radius 1 is 1.44 bits per heavy atom. The Labute approximate surface area is 94.4 Å². The summed E-state index contributed by atoms with van der Waals surface area (Å²) < 4.78 is 10.5. The van der Waals surface area contributed by atoms with Gasteiger partial charge in [0.15, 0.2) is 11.5 Å². The number of para-hydroxylation sites is 2. The summed E-state index contributed by atoms with van der Waals surface area (Å²) in [6.45, 7) is 1.48. The van der Waals surface area contributed by atoms with Crippen molar-refractivity contribution in [3.05, 3.63) is 24.3 Å². The Kier molecular flexibility index (Phi) is 3.64. The van der Waals surface area contributed by atoms with E-state index in [-0.39, 0.29) is 18.3 Å². The first-order valence-electron chi connectivity index (χ1n) is 5.44. The number of phenols is 1. The summed E-state index contributed by atoms with van der Waals surface area (Å²) in [6.07, 6.45) is 0.327. The van der Waals surface area contributed by atoms with Crippen LogP contribution in [-0.4, -0.2) is 36.1 Å². The van der Waals surface area contributed by atoms with Gasteiger partial charge >= 0.3 is 0 Å². The van der Waals surface area contributed by atoms with Gasteiger partial charge in [-0.05, 0) is 18.6 Å². The number of aliphatic hydroxyl groups is 1. The maximum atomic E-state index is 9.81. The Hall–Kier alpha value is -1.26. The molecule has 2 rings (SSSR count). The van der Waals surface area contributed by atoms with Gasteiger partial charge in [-0.15, -0.1) is 0 Å². The van der Waals surface area contributed by atoms with Crippen molar-refractivity contribution in [3.8, 4) is 11.5 Å². The molecule has 0 saturated carbocycles. The van der Waals surface area contributed by atoms with Crippen molar-refractivity contribution in [2.24, 2.45) is 5.92 Å². The van der Waals surface area contributed by atoms with Gasteiger partial charge in [-0.2, -0.15) is 0 Å². The molecular weight excluding hydrogens is 208 g/mol. The molecule has 1 fully saturated rings. The van der Waals surface area contributed by atoms with E-state index < -0.39 is 6.10 Å². The second kappa shape index (κ2) is 5.18. The zero-order chi connectivity index (χ0) is 11.4. The molecule has 4 heteroatoms. The van der Waals surface area contributed by atoms with Gasteiger partial charge < -0.3 is 19.7 Å². The van der Waals surface area contributed by atoms with Gasteiger partial charge in [0.25, 0.3) is 0 Å². The first-order valence-corrected chi connectivity index (χ1v) is 5.44. The summed E-state index contributed by atoms with van der Waals surface area (Å²) in [6, 6.07) is 6.73. The van der Waals surface area contributed by atoms with Crippen LogP contribution in [0.1, 0.15) is 6.42 Å². The number of rotatable bonds is 4. The molecule has 1 aliphatic rings. The van der Waals surface area contributed by atoms with Crippen LogP contribution in [0.15, 0.2) is 24.3 Å². The van der Waals surface area contributed by atoms with E-state index in [0.29, 0.717) is 19.0 Å². The van der Waals surface area contributed by atoms with Crippen LogP contribution >= 0.6 is 0 Å². The lowest BCUT2D eigenvalue weighted by Gasteiger charge is -2.17. The van der Waals surface area contributed by atoms with Crippen molar-refractivity contribution >= 4 is 0 Å². The highest BCUT2D eigenvalue weighted by atomic mass is 16.5. The first kappa shape index (κ1) is 11.2. The minimum Gasteiger partial charge on any atom is -0.504 e. The predicted molar refractivity (Wildman–Crippen MR) is 58.5 cm³/mol. The van der Waals surface area contributed by atoms with Crippen molar-refractivity contribution < 1.29 is 19.7 Å². The van der Waals surface area contributed by atoms with Crippen molar-refractivity contribution in [1.82, 2.24) is 0 Å². The maximum Gasteiger partial charge on any atom is 0.161 e. The second-order valence-electron chi connectivity index (χ2n) is 3.97. The summed E-state index contributed by atoms with van der Waals surface area (Å²) in [4.78, 5) is 0. The SMILES string of the molecule is Oc1ccccc1OCC(O)C1CCOC1. The second-order valence-corrected chi connectivity index (χ2v) is 3.97. The molecule has 0 bridgehead atoms. The fourth-order valence-corrected chi connectivity index (χ4v) is 1.75. The average molecular weight is 224 g/mol. The lowest BCUT2D eigenvalue weighted by Crippen LogP contribution is -2.27. The number of benzene rings is 1. The van der Waals surface area contributed by atoms with Gasteiger partial charge in [-0.1, -0.05) is 12.1 Å². The van der Waals surface area contributed by atoms with Gasteiger partial charge in [0.05, 0.1) is 12.7 Å². The lowest BCUT2D eigenvalue weighted by atomic mass is 10.0. The summed E-state index contributed by atoms with van der Waals surface area (Å²) in [7, 11) is 0. The Bertz CT molecular complexity index is 334. The van der Waals surface area contributed by atoms with E-state index in [1.54, 1.807) is 24.3 Å². The number of phenolic OH excluding ortho intramolecular Hbond substituents is 1. The highest BCUT2D eigenvalue weighted by molar-refractivity contribution is 5.37. The molecule has 2 atom stereocenters. The molecule has 0 radical (unpaired) electrons. The smallest absolute Gasteiger partial charge is 0.161 e. The van der Waals surface area contributed by atoms with Gasteiger partial charge in [0, 0.05) is 12.5 Å². The van der Waals surface area contributed by atoms with Crippen LogP contribution in [0.2, 0.25) is 0 Å². The topological polar surface area (TPSA) is 58.9 Å². The first-order chi connectivity index (χ1) is 7.77. The molecule has 16 heavy (non-hydrogen) atoms. The van der Waals surface area contributed by atoms with Gasteiger partial charge in [-0.3, -0.25) is 0 Å². The molecular formula is C12H16O4. The fourth-order valence-electron chi connectivity index (χ4n) is 1.75. The molecule has 1 saturated heterocycles. The molecule has 0 spiro atoms. The zero-order valence-corrected chi connectivity index (χ0v) is 9.00. The molecule has 1 aromatic carbocycles. The molecule has 4 nitrogen and oxygen atoms in total. The summed E-state index contributed by atoms with van der Waals surface area (Å²) in [5, 5.41) is 19.3. The minimum absolute atomic E-state index is 0.0948. The van der Waals surface area contributed by atoms with Crippen LogP contribution in [0.4, 0.5) is 0 Å². The third-order valence-corrected chi connectivity index (χ3v) is 2.78. The van der Waals surface area contributed by atoms with Crippen molar-refractivity contribution in [1.29, 1.82) is 0 Å². The van der Waals surface area contributed by atoms with E-state index in [1.165, 1.54) is 0 Å². The number of hydrogen-bond donors (Lipinski definition) is 2. The number of hydrogen-bond acceptors (Lipinski definition) is 4. The molecule has 1 heterocycles. The van der Waals surface area contributed by atoms with Gasteiger partial charge in [0.2, 0.25) is 0 Å². The lowest BCUT2D eigenvalue weighted by molar-refractivity contribution is 0.0491. The Morgan fingerprint density at radius 3 is 2.94 bits per heavy atom. The Morgan fingerprint density at radius 2 is 2.25 bits per heavy atom.